The van der Waals surface area contributed by atoms with Crippen molar-refractivity contribution in [2.75, 3.05) is 0 Å². The highest BCUT2D eigenvalue weighted by molar-refractivity contribution is 7.09. The van der Waals surface area contributed by atoms with Gasteiger partial charge in [0, 0.05) is 23.1 Å². The molecule has 1 aromatic carbocycles. The van der Waals surface area contributed by atoms with Gasteiger partial charge in [0.2, 0.25) is 0 Å². The summed E-state index contributed by atoms with van der Waals surface area (Å²) in [5.41, 5.74) is 0.809. The van der Waals surface area contributed by atoms with E-state index in [4.69, 9.17) is 0 Å². The van der Waals surface area contributed by atoms with E-state index < -0.39 is 41.4 Å². The Kier molecular flexibility index (Phi) is 6.73. The van der Waals surface area contributed by atoms with Crippen molar-refractivity contribution in [3.63, 3.8) is 0 Å². The highest BCUT2D eigenvalue weighted by Crippen LogP contribution is 2.70. The van der Waals surface area contributed by atoms with Gasteiger partial charge in [0.05, 0.1) is 10.7 Å². The molecule has 0 amide bonds. The molecule has 2 aromatic rings. The Morgan fingerprint density at radius 3 is 2.44 bits per heavy atom. The second-order valence-electron chi connectivity index (χ2n) is 12.3. The maximum Gasteiger partial charge on any atom is 0.456 e. The lowest BCUT2D eigenvalue weighted by molar-refractivity contribution is -0.362. The Hall–Kier alpha value is -2.65. The van der Waals surface area contributed by atoms with E-state index in [1.54, 1.807) is 17.4 Å². The molecule has 218 valence electrons. The number of hydrogen-bond acceptors (Lipinski definition) is 4. The van der Waals surface area contributed by atoms with Crippen molar-refractivity contribution < 1.29 is 31.9 Å². The van der Waals surface area contributed by atoms with Gasteiger partial charge in [-0.15, -0.1) is 11.3 Å². The number of aryl methyl sites for hydroxylation is 1. The van der Waals surface area contributed by atoms with Crippen LogP contribution in [0, 0.1) is 24.2 Å². The monoisotopic (exact) mass is 589 g/mol. The summed E-state index contributed by atoms with van der Waals surface area (Å²) in [6.07, 6.45) is 1.19. The Labute approximate surface area is 239 Å². The molecule has 4 aliphatic rings. The van der Waals surface area contributed by atoms with Gasteiger partial charge in [-0.3, -0.25) is 4.79 Å². The Balaban J connectivity index is 1.44. The van der Waals surface area contributed by atoms with Gasteiger partial charge in [-0.05, 0) is 91.7 Å². The number of carbonyl (C=O) groups excluding carboxylic acids is 1. The zero-order valence-electron chi connectivity index (χ0n) is 22.9. The number of carbonyl (C=O) groups is 1. The van der Waals surface area contributed by atoms with Crippen molar-refractivity contribution in [2.45, 2.75) is 82.4 Å². The number of allylic oxidation sites excluding steroid dienone is 4. The van der Waals surface area contributed by atoms with E-state index in [9.17, 15) is 23.1 Å². The second-order valence-corrected chi connectivity index (χ2v) is 13.3. The molecular formula is C32H32F5NO2S. The highest BCUT2D eigenvalue weighted by atomic mass is 32.1. The molecule has 2 fully saturated rings. The topological polar surface area (TPSA) is 50.2 Å². The minimum atomic E-state index is -5.86. The van der Waals surface area contributed by atoms with E-state index in [1.807, 2.05) is 48.7 Å². The van der Waals surface area contributed by atoms with Gasteiger partial charge in [0.15, 0.2) is 5.78 Å². The van der Waals surface area contributed by atoms with E-state index >= 15 is 8.78 Å². The SMILES string of the molecule is Cc1nc(/C=C/c2ccc([C@H]3C[C@@]4(C)[C@@H](CC[C@@]4(O)C(F)(F)C(F)(F)F)[C@@H]4CCC5=CC(=O)CCC5=C43)cc2)cs1. The quantitative estimate of drug-likeness (QED) is 0.364. The normalized spacial score (nSPS) is 32.1. The number of ketones is 1. The van der Waals surface area contributed by atoms with Crippen molar-refractivity contribution in [1.29, 1.82) is 0 Å². The lowest BCUT2D eigenvalue weighted by Crippen LogP contribution is -2.65. The number of aromatic nitrogens is 1. The van der Waals surface area contributed by atoms with Crippen LogP contribution < -0.4 is 0 Å². The molecule has 4 aliphatic carbocycles. The molecule has 9 heteroatoms. The molecule has 0 spiro atoms. The average Bonchev–Trinajstić information content (AvgIpc) is 3.46. The molecule has 41 heavy (non-hydrogen) atoms. The highest BCUT2D eigenvalue weighted by Gasteiger charge is 2.79. The maximum absolute atomic E-state index is 15.1. The molecule has 1 heterocycles. The average molecular weight is 590 g/mol. The van der Waals surface area contributed by atoms with E-state index in [-0.39, 0.29) is 24.5 Å². The standard InChI is InChI=1S/C32H32F5NO2S/c1-18-38-22(17-41-18)9-5-19-3-6-20(7-4-19)26-16-29(2)27(13-14-30(29,40)31(33,34)32(35,36)37)25-11-8-21-15-23(39)10-12-24(21)28(25)26/h3-7,9,15,17,25-27,40H,8,10-14,16H2,1-2H3/b9-5+/t25-,26+,27-,29-,30-/m0/s1. The Morgan fingerprint density at radius 2 is 1.78 bits per heavy atom. The summed E-state index contributed by atoms with van der Waals surface area (Å²) in [4.78, 5) is 16.6. The third-order valence-electron chi connectivity index (χ3n) is 10.2. The molecule has 6 rings (SSSR count). The number of rotatable bonds is 4. The summed E-state index contributed by atoms with van der Waals surface area (Å²) < 4.78 is 71.5. The number of thiazole rings is 1. The number of benzene rings is 1. The van der Waals surface area contributed by atoms with Gasteiger partial charge in [0.25, 0.3) is 0 Å². The molecule has 1 aromatic heterocycles. The van der Waals surface area contributed by atoms with Gasteiger partial charge >= 0.3 is 12.1 Å². The van der Waals surface area contributed by atoms with Crippen LogP contribution in [0.25, 0.3) is 12.2 Å². The minimum absolute atomic E-state index is 0.0241. The van der Waals surface area contributed by atoms with Gasteiger partial charge in [0.1, 0.15) is 5.60 Å². The van der Waals surface area contributed by atoms with Crippen molar-refractivity contribution in [2.24, 2.45) is 17.3 Å². The zero-order chi connectivity index (χ0) is 29.4. The molecule has 0 unspecified atom stereocenters. The number of hydrogen-bond donors (Lipinski definition) is 1. The number of alkyl halides is 5. The molecule has 5 atom stereocenters. The zero-order valence-corrected chi connectivity index (χ0v) is 23.7. The Morgan fingerprint density at radius 1 is 1.05 bits per heavy atom. The third-order valence-corrected chi connectivity index (χ3v) is 11.0. The van der Waals surface area contributed by atoms with Crippen LogP contribution >= 0.6 is 11.3 Å². The number of aliphatic hydroxyl groups is 1. The molecule has 0 saturated heterocycles. The second kappa shape index (κ2) is 9.69. The summed E-state index contributed by atoms with van der Waals surface area (Å²) in [7, 11) is 0. The van der Waals surface area contributed by atoms with Gasteiger partial charge < -0.3 is 5.11 Å². The molecular weight excluding hydrogens is 557 g/mol. The summed E-state index contributed by atoms with van der Waals surface area (Å²) in [5.74, 6) is -6.36. The fourth-order valence-corrected chi connectivity index (χ4v) is 8.77. The lowest BCUT2D eigenvalue weighted by atomic mass is 9.50. The van der Waals surface area contributed by atoms with Crippen LogP contribution in [0.2, 0.25) is 0 Å². The number of fused-ring (bicyclic) bond motifs is 4. The molecule has 3 nitrogen and oxygen atoms in total. The van der Waals surface area contributed by atoms with Crippen molar-refractivity contribution in [3.05, 3.63) is 74.3 Å². The molecule has 0 bridgehead atoms. The summed E-state index contributed by atoms with van der Waals surface area (Å²) in [6, 6.07) is 7.64. The van der Waals surface area contributed by atoms with E-state index in [0.29, 0.717) is 25.7 Å². The first-order valence-corrected chi connectivity index (χ1v) is 15.0. The fourth-order valence-electron chi connectivity index (χ4n) is 8.19. The predicted molar refractivity (Wildman–Crippen MR) is 148 cm³/mol. The predicted octanol–water partition coefficient (Wildman–Crippen LogP) is 8.45. The molecule has 1 N–H and O–H groups in total. The van der Waals surface area contributed by atoms with Crippen LogP contribution in [0.1, 0.15) is 79.6 Å². The van der Waals surface area contributed by atoms with E-state index in [0.717, 1.165) is 38.5 Å². The van der Waals surface area contributed by atoms with Crippen LogP contribution in [0.15, 0.2) is 52.4 Å². The van der Waals surface area contributed by atoms with Crippen LogP contribution in [0.4, 0.5) is 22.0 Å². The number of nitrogens with zero attached hydrogens (tertiary/aromatic N) is 1. The fraction of sp³-hybridized carbons (Fsp3) is 0.500. The summed E-state index contributed by atoms with van der Waals surface area (Å²) in [6.45, 7) is 3.38. The first-order chi connectivity index (χ1) is 19.2. The largest absolute Gasteiger partial charge is 0.456 e. The smallest absolute Gasteiger partial charge is 0.383 e. The summed E-state index contributed by atoms with van der Waals surface area (Å²) >= 11 is 1.55. The van der Waals surface area contributed by atoms with Crippen LogP contribution in [-0.2, 0) is 4.79 Å². The van der Waals surface area contributed by atoms with Gasteiger partial charge in [-0.1, -0.05) is 42.8 Å². The van der Waals surface area contributed by atoms with Crippen molar-refractivity contribution in [3.8, 4) is 0 Å². The lowest BCUT2D eigenvalue weighted by Gasteiger charge is -2.56. The first-order valence-electron chi connectivity index (χ1n) is 14.1. The van der Waals surface area contributed by atoms with Crippen LogP contribution in [0.3, 0.4) is 0 Å². The number of halogens is 5. The van der Waals surface area contributed by atoms with Gasteiger partial charge in [-0.2, -0.15) is 22.0 Å². The first kappa shape index (κ1) is 28.5. The molecule has 2 saturated carbocycles. The molecule has 0 aliphatic heterocycles. The molecule has 0 radical (unpaired) electrons. The van der Waals surface area contributed by atoms with E-state index in [1.165, 1.54) is 6.92 Å². The summed E-state index contributed by atoms with van der Waals surface area (Å²) in [5, 5.41) is 14.3. The Bertz CT molecular complexity index is 1470. The maximum atomic E-state index is 15.1. The van der Waals surface area contributed by atoms with Crippen molar-refractivity contribution >= 4 is 29.3 Å². The van der Waals surface area contributed by atoms with Crippen LogP contribution in [-0.4, -0.2) is 33.6 Å². The van der Waals surface area contributed by atoms with Crippen molar-refractivity contribution in [1.82, 2.24) is 4.98 Å². The minimum Gasteiger partial charge on any atom is -0.383 e. The van der Waals surface area contributed by atoms with E-state index in [2.05, 4.69) is 4.98 Å². The van der Waals surface area contributed by atoms with Crippen LogP contribution in [0.5, 0.6) is 0 Å². The third kappa shape index (κ3) is 4.37. The van der Waals surface area contributed by atoms with Gasteiger partial charge in [-0.25, -0.2) is 4.98 Å².